The molecular formula is C7H17O5P. The normalized spacial score (nSPS) is 10.2. The Kier molecular flexibility index (Phi) is 9.56. The van der Waals surface area contributed by atoms with Gasteiger partial charge in [-0.2, -0.15) is 0 Å². The molecule has 0 saturated carbocycles. The zero-order chi connectivity index (χ0) is 10.9. The quantitative estimate of drug-likeness (QED) is 0.721. The summed E-state index contributed by atoms with van der Waals surface area (Å²) in [5.74, 6) is -0.833. The van der Waals surface area contributed by atoms with E-state index in [0.717, 1.165) is 6.92 Å². The Bertz CT molecular complexity index is 166. The van der Waals surface area contributed by atoms with Crippen molar-refractivity contribution in [2.45, 2.75) is 20.8 Å². The molecule has 0 radical (unpaired) electrons. The zero-order valence-electron chi connectivity index (χ0n) is 8.44. The molecule has 1 N–H and O–H groups in total. The molecule has 0 aromatic heterocycles. The Morgan fingerprint density at radius 2 is 1.54 bits per heavy atom. The average molecular weight is 212 g/mol. The standard InChI is InChI=1S/C5H13O3P.C2H4O2/c1-4-7-9(3,6)8-5-2;1-2(3)4/h4-5H2,1-3H3;1H3,(H,3,4). The molecule has 0 aromatic carbocycles. The summed E-state index contributed by atoms with van der Waals surface area (Å²) in [5, 5.41) is 7.42. The third-order valence-electron chi connectivity index (χ3n) is 0.727. The van der Waals surface area contributed by atoms with Crippen molar-refractivity contribution in [2.24, 2.45) is 0 Å². The van der Waals surface area contributed by atoms with Gasteiger partial charge >= 0.3 is 7.60 Å². The van der Waals surface area contributed by atoms with E-state index < -0.39 is 13.6 Å². The molecule has 0 aromatic rings. The smallest absolute Gasteiger partial charge is 0.327 e. The van der Waals surface area contributed by atoms with Crippen molar-refractivity contribution < 1.29 is 23.5 Å². The Balaban J connectivity index is 0. The predicted octanol–water partition coefficient (Wildman–Crippen LogP) is 1.97. The van der Waals surface area contributed by atoms with Crippen molar-refractivity contribution in [1.82, 2.24) is 0 Å². The highest BCUT2D eigenvalue weighted by Crippen LogP contribution is 2.43. The second-order valence-electron chi connectivity index (χ2n) is 2.13. The van der Waals surface area contributed by atoms with E-state index in [1.165, 1.54) is 6.66 Å². The molecule has 0 amide bonds. The lowest BCUT2D eigenvalue weighted by Gasteiger charge is -2.10. The second kappa shape index (κ2) is 8.23. The summed E-state index contributed by atoms with van der Waals surface area (Å²) in [7, 11) is -2.69. The van der Waals surface area contributed by atoms with Gasteiger partial charge in [0.1, 0.15) is 0 Å². The minimum Gasteiger partial charge on any atom is -0.481 e. The van der Waals surface area contributed by atoms with Crippen molar-refractivity contribution in [1.29, 1.82) is 0 Å². The highest BCUT2D eigenvalue weighted by atomic mass is 31.2. The Morgan fingerprint density at radius 1 is 1.31 bits per heavy atom. The van der Waals surface area contributed by atoms with Gasteiger partial charge in [-0.15, -0.1) is 0 Å². The molecule has 0 saturated heterocycles. The maximum atomic E-state index is 11.0. The minimum absolute atomic E-state index is 0.438. The molecule has 0 spiro atoms. The fourth-order valence-corrected chi connectivity index (χ4v) is 1.52. The number of carboxylic acids is 1. The van der Waals surface area contributed by atoms with Gasteiger partial charge in [0.25, 0.3) is 5.97 Å². The average Bonchev–Trinajstić information content (AvgIpc) is 1.84. The first-order valence-corrected chi connectivity index (χ1v) is 5.90. The Hall–Kier alpha value is -0.380. The van der Waals surface area contributed by atoms with E-state index in [1.54, 1.807) is 13.8 Å². The van der Waals surface area contributed by atoms with Crippen LogP contribution in [0.25, 0.3) is 0 Å². The molecule has 0 rings (SSSR count). The lowest BCUT2D eigenvalue weighted by molar-refractivity contribution is -0.134. The van der Waals surface area contributed by atoms with Crippen LogP contribution in [0.2, 0.25) is 0 Å². The molecule has 0 aliphatic carbocycles. The van der Waals surface area contributed by atoms with Crippen LogP contribution in [0.3, 0.4) is 0 Å². The number of rotatable bonds is 4. The summed E-state index contributed by atoms with van der Waals surface area (Å²) in [6, 6.07) is 0. The maximum Gasteiger partial charge on any atom is 0.327 e. The van der Waals surface area contributed by atoms with Gasteiger partial charge in [-0.25, -0.2) is 0 Å². The number of hydrogen-bond donors (Lipinski definition) is 1. The molecule has 0 fully saturated rings. The van der Waals surface area contributed by atoms with Gasteiger partial charge in [0.05, 0.1) is 13.2 Å². The van der Waals surface area contributed by atoms with Crippen LogP contribution in [0.1, 0.15) is 20.8 Å². The third-order valence-corrected chi connectivity index (χ3v) is 2.18. The SMILES string of the molecule is CC(=O)O.CCOP(C)(=O)OCC. The molecule has 0 aliphatic rings. The Morgan fingerprint density at radius 3 is 1.69 bits per heavy atom. The van der Waals surface area contributed by atoms with E-state index in [9.17, 15) is 4.57 Å². The van der Waals surface area contributed by atoms with Crippen molar-refractivity contribution in [2.75, 3.05) is 19.9 Å². The lowest BCUT2D eigenvalue weighted by atomic mass is 10.9. The van der Waals surface area contributed by atoms with Gasteiger partial charge in [-0.3, -0.25) is 9.36 Å². The fraction of sp³-hybridized carbons (Fsp3) is 0.857. The molecule has 0 heterocycles. The molecule has 0 atom stereocenters. The van der Waals surface area contributed by atoms with Gasteiger partial charge in [-0.1, -0.05) is 0 Å². The first kappa shape index (κ1) is 15.1. The summed E-state index contributed by atoms with van der Waals surface area (Å²) in [5.41, 5.74) is 0. The molecule has 0 aliphatic heterocycles. The zero-order valence-corrected chi connectivity index (χ0v) is 9.34. The van der Waals surface area contributed by atoms with Crippen LogP contribution in [0.4, 0.5) is 0 Å². The molecule has 6 heteroatoms. The van der Waals surface area contributed by atoms with Crippen molar-refractivity contribution in [3.05, 3.63) is 0 Å². The molecular weight excluding hydrogens is 195 g/mol. The highest BCUT2D eigenvalue weighted by Gasteiger charge is 2.13. The fourth-order valence-electron chi connectivity index (χ4n) is 0.506. The highest BCUT2D eigenvalue weighted by molar-refractivity contribution is 7.52. The van der Waals surface area contributed by atoms with E-state index in [0.29, 0.717) is 13.2 Å². The molecule has 0 unspecified atom stereocenters. The summed E-state index contributed by atoms with van der Waals surface area (Å²) in [4.78, 5) is 9.00. The summed E-state index contributed by atoms with van der Waals surface area (Å²) in [6.07, 6.45) is 0. The molecule has 80 valence electrons. The van der Waals surface area contributed by atoms with Gasteiger partial charge < -0.3 is 14.2 Å². The number of hydrogen-bond acceptors (Lipinski definition) is 4. The van der Waals surface area contributed by atoms with Crippen LogP contribution in [0, 0.1) is 0 Å². The van der Waals surface area contributed by atoms with Gasteiger partial charge in [0, 0.05) is 13.6 Å². The van der Waals surface area contributed by atoms with Crippen molar-refractivity contribution in [3.8, 4) is 0 Å². The molecule has 0 bridgehead atoms. The molecule has 5 nitrogen and oxygen atoms in total. The van der Waals surface area contributed by atoms with Crippen LogP contribution >= 0.6 is 7.60 Å². The van der Waals surface area contributed by atoms with Crippen molar-refractivity contribution in [3.63, 3.8) is 0 Å². The largest absolute Gasteiger partial charge is 0.481 e. The number of carbonyl (C=O) groups is 1. The number of aliphatic carboxylic acids is 1. The van der Waals surface area contributed by atoms with Crippen LogP contribution in [0.15, 0.2) is 0 Å². The van der Waals surface area contributed by atoms with E-state index in [-0.39, 0.29) is 0 Å². The van der Waals surface area contributed by atoms with Gasteiger partial charge in [0.2, 0.25) is 0 Å². The van der Waals surface area contributed by atoms with Crippen LogP contribution in [-0.2, 0) is 18.4 Å². The first-order chi connectivity index (χ1) is 5.85. The van der Waals surface area contributed by atoms with Gasteiger partial charge in [0.15, 0.2) is 0 Å². The number of carboxylic acid groups (broad SMARTS) is 1. The van der Waals surface area contributed by atoms with Crippen LogP contribution < -0.4 is 0 Å². The lowest BCUT2D eigenvalue weighted by Crippen LogP contribution is -1.92. The van der Waals surface area contributed by atoms with Crippen molar-refractivity contribution >= 4 is 13.6 Å². The first-order valence-electron chi connectivity index (χ1n) is 3.91. The minimum atomic E-state index is -2.69. The maximum absolute atomic E-state index is 11.0. The summed E-state index contributed by atoms with van der Waals surface area (Å²) < 4.78 is 20.6. The van der Waals surface area contributed by atoms with Crippen LogP contribution in [-0.4, -0.2) is 31.0 Å². The summed E-state index contributed by atoms with van der Waals surface area (Å²) in [6.45, 7) is 7.01. The van der Waals surface area contributed by atoms with Crippen LogP contribution in [0.5, 0.6) is 0 Å². The Labute approximate surface area is 78.6 Å². The molecule has 13 heavy (non-hydrogen) atoms. The van der Waals surface area contributed by atoms with E-state index in [2.05, 4.69) is 0 Å². The van der Waals surface area contributed by atoms with E-state index in [4.69, 9.17) is 18.9 Å². The predicted molar refractivity (Wildman–Crippen MR) is 50.1 cm³/mol. The van der Waals surface area contributed by atoms with E-state index in [1.807, 2.05) is 0 Å². The monoisotopic (exact) mass is 212 g/mol. The summed E-state index contributed by atoms with van der Waals surface area (Å²) >= 11 is 0. The van der Waals surface area contributed by atoms with Gasteiger partial charge in [-0.05, 0) is 13.8 Å². The third kappa shape index (κ3) is 18.5. The second-order valence-corrected chi connectivity index (χ2v) is 4.18. The topological polar surface area (TPSA) is 72.8 Å². The van der Waals surface area contributed by atoms with E-state index >= 15 is 0 Å².